The lowest BCUT2D eigenvalue weighted by Gasteiger charge is -2.20. The van der Waals surface area contributed by atoms with E-state index < -0.39 is 29.5 Å². The van der Waals surface area contributed by atoms with Crippen molar-refractivity contribution in [3.63, 3.8) is 0 Å². The minimum Gasteiger partial charge on any atom is -0.468 e. The molecule has 126 valence electrons. The number of nitrogens with one attached hydrogen (secondary N) is 1. The zero-order valence-electron chi connectivity index (χ0n) is 12.7. The first-order chi connectivity index (χ1) is 10.8. The maximum absolute atomic E-state index is 12.7. The minimum absolute atomic E-state index is 0.0109. The van der Waals surface area contributed by atoms with Gasteiger partial charge in [-0.3, -0.25) is 9.59 Å². The number of alkyl halides is 3. The molecule has 0 bridgehead atoms. The van der Waals surface area contributed by atoms with Crippen LogP contribution in [0.1, 0.15) is 31.2 Å². The number of benzene rings is 1. The van der Waals surface area contributed by atoms with Gasteiger partial charge in [0, 0.05) is 5.69 Å². The summed E-state index contributed by atoms with van der Waals surface area (Å²) in [6.45, 7) is 0. The van der Waals surface area contributed by atoms with Gasteiger partial charge in [0.25, 0.3) is 0 Å². The summed E-state index contributed by atoms with van der Waals surface area (Å²) >= 11 is 0. The Morgan fingerprint density at radius 1 is 1.26 bits per heavy atom. The van der Waals surface area contributed by atoms with Crippen molar-refractivity contribution in [3.8, 4) is 0 Å². The molecule has 1 aromatic carbocycles. The Morgan fingerprint density at radius 3 is 2.48 bits per heavy atom. The van der Waals surface area contributed by atoms with Crippen LogP contribution < -0.4 is 5.32 Å². The van der Waals surface area contributed by atoms with Gasteiger partial charge in [0.2, 0.25) is 5.91 Å². The van der Waals surface area contributed by atoms with Crippen molar-refractivity contribution in [2.45, 2.75) is 31.9 Å². The fourth-order valence-electron chi connectivity index (χ4n) is 2.92. The summed E-state index contributed by atoms with van der Waals surface area (Å²) in [4.78, 5) is 24.3. The van der Waals surface area contributed by atoms with E-state index in [9.17, 15) is 22.8 Å². The lowest BCUT2D eigenvalue weighted by molar-refractivity contribution is -0.151. The van der Waals surface area contributed by atoms with E-state index >= 15 is 0 Å². The number of methoxy groups -OCH3 is 1. The van der Waals surface area contributed by atoms with E-state index in [1.165, 1.54) is 19.2 Å². The topological polar surface area (TPSA) is 55.4 Å². The van der Waals surface area contributed by atoms with Crippen LogP contribution in [-0.2, 0) is 20.5 Å². The van der Waals surface area contributed by atoms with E-state index in [-0.39, 0.29) is 11.6 Å². The van der Waals surface area contributed by atoms with E-state index in [1.807, 2.05) is 0 Å². The Bertz CT molecular complexity index is 580. The lowest BCUT2D eigenvalue weighted by atomic mass is 9.90. The fraction of sp³-hybridized carbons (Fsp3) is 0.500. The second-order valence-corrected chi connectivity index (χ2v) is 5.61. The summed E-state index contributed by atoms with van der Waals surface area (Å²) in [5, 5.41) is 2.41. The molecule has 0 aliphatic heterocycles. The standard InChI is InChI=1S/C16H18F3NO3/c1-23-15(22)13(10-5-2-3-6-10)14(21)20-12-8-4-7-11(9-12)16(17,18)19/h4,7-10,13H,2-3,5-6H2,1H3,(H,20,21). The van der Waals surface area contributed by atoms with Gasteiger partial charge in [-0.15, -0.1) is 0 Å². The number of hydrogen-bond donors (Lipinski definition) is 1. The highest BCUT2D eigenvalue weighted by molar-refractivity contribution is 6.05. The second kappa shape index (κ2) is 7.02. The predicted octanol–water partition coefficient (Wildman–Crippen LogP) is 3.62. The van der Waals surface area contributed by atoms with Gasteiger partial charge in [0.1, 0.15) is 5.92 Å². The molecule has 1 unspecified atom stereocenters. The largest absolute Gasteiger partial charge is 0.468 e. The molecule has 1 N–H and O–H groups in total. The fourth-order valence-corrected chi connectivity index (χ4v) is 2.92. The molecule has 0 saturated heterocycles. The lowest BCUT2D eigenvalue weighted by Crippen LogP contribution is -2.35. The van der Waals surface area contributed by atoms with Gasteiger partial charge in [-0.05, 0) is 37.0 Å². The van der Waals surface area contributed by atoms with Crippen LogP contribution in [0, 0.1) is 11.8 Å². The molecule has 1 aliphatic carbocycles. The van der Waals surface area contributed by atoms with Crippen LogP contribution in [-0.4, -0.2) is 19.0 Å². The second-order valence-electron chi connectivity index (χ2n) is 5.61. The van der Waals surface area contributed by atoms with Crippen LogP contribution >= 0.6 is 0 Å². The van der Waals surface area contributed by atoms with E-state index in [1.54, 1.807) is 0 Å². The Labute approximate surface area is 132 Å². The number of hydrogen-bond acceptors (Lipinski definition) is 3. The molecule has 2 rings (SSSR count). The van der Waals surface area contributed by atoms with Gasteiger partial charge in [0.05, 0.1) is 12.7 Å². The molecule has 0 heterocycles. The zero-order chi connectivity index (χ0) is 17.0. The quantitative estimate of drug-likeness (QED) is 0.678. The molecule has 1 atom stereocenters. The van der Waals surface area contributed by atoms with Crippen LogP contribution in [0.15, 0.2) is 24.3 Å². The molecule has 0 spiro atoms. The molecule has 1 aliphatic rings. The SMILES string of the molecule is COC(=O)C(C(=O)Nc1cccc(C(F)(F)F)c1)C1CCCC1. The Balaban J connectivity index is 2.16. The van der Waals surface area contributed by atoms with E-state index in [4.69, 9.17) is 0 Å². The van der Waals surface area contributed by atoms with Gasteiger partial charge < -0.3 is 10.1 Å². The molecular weight excluding hydrogens is 311 g/mol. The van der Waals surface area contributed by atoms with Crippen molar-refractivity contribution in [2.75, 3.05) is 12.4 Å². The first-order valence-electron chi connectivity index (χ1n) is 7.39. The summed E-state index contributed by atoms with van der Waals surface area (Å²) in [5.74, 6) is -2.39. The number of amides is 1. The highest BCUT2D eigenvalue weighted by atomic mass is 19.4. The van der Waals surface area contributed by atoms with Gasteiger partial charge in [0.15, 0.2) is 0 Å². The molecule has 7 heteroatoms. The van der Waals surface area contributed by atoms with E-state index in [2.05, 4.69) is 10.1 Å². The summed E-state index contributed by atoms with van der Waals surface area (Å²) in [6.07, 6.45) is -1.18. The minimum atomic E-state index is -4.49. The molecule has 1 fully saturated rings. The van der Waals surface area contributed by atoms with Gasteiger partial charge in [-0.1, -0.05) is 18.9 Å². The van der Waals surface area contributed by atoms with Crippen molar-refractivity contribution in [1.82, 2.24) is 0 Å². The zero-order valence-corrected chi connectivity index (χ0v) is 12.7. The molecule has 4 nitrogen and oxygen atoms in total. The third kappa shape index (κ3) is 4.24. The van der Waals surface area contributed by atoms with Crippen LogP contribution in [0.3, 0.4) is 0 Å². The van der Waals surface area contributed by atoms with E-state index in [0.29, 0.717) is 0 Å². The van der Waals surface area contributed by atoms with Crippen molar-refractivity contribution >= 4 is 17.6 Å². The summed E-state index contributed by atoms with van der Waals surface area (Å²) in [5.41, 5.74) is -0.845. The van der Waals surface area contributed by atoms with Crippen LogP contribution in [0.2, 0.25) is 0 Å². The van der Waals surface area contributed by atoms with Crippen LogP contribution in [0.5, 0.6) is 0 Å². The highest BCUT2D eigenvalue weighted by Gasteiger charge is 2.37. The smallest absolute Gasteiger partial charge is 0.416 e. The average molecular weight is 329 g/mol. The maximum atomic E-state index is 12.7. The van der Waals surface area contributed by atoms with Gasteiger partial charge in [-0.25, -0.2) is 0 Å². The van der Waals surface area contributed by atoms with Crippen molar-refractivity contribution in [3.05, 3.63) is 29.8 Å². The first-order valence-corrected chi connectivity index (χ1v) is 7.39. The summed E-state index contributed by atoms with van der Waals surface area (Å²) in [6, 6.07) is 4.34. The Morgan fingerprint density at radius 2 is 1.91 bits per heavy atom. The third-order valence-corrected chi connectivity index (χ3v) is 4.07. The monoisotopic (exact) mass is 329 g/mol. The maximum Gasteiger partial charge on any atom is 0.416 e. The molecule has 1 aromatic rings. The highest BCUT2D eigenvalue weighted by Crippen LogP contribution is 2.34. The molecule has 1 amide bonds. The van der Waals surface area contributed by atoms with E-state index in [0.717, 1.165) is 37.8 Å². The Kier molecular flexibility index (Phi) is 5.28. The van der Waals surface area contributed by atoms with Crippen molar-refractivity contribution in [1.29, 1.82) is 0 Å². The number of carbonyl (C=O) groups is 2. The number of rotatable bonds is 4. The number of ether oxygens (including phenoxy) is 1. The van der Waals surface area contributed by atoms with Crippen LogP contribution in [0.25, 0.3) is 0 Å². The molecule has 0 radical (unpaired) electrons. The molecule has 1 saturated carbocycles. The molecular formula is C16H18F3NO3. The van der Waals surface area contributed by atoms with Crippen LogP contribution in [0.4, 0.5) is 18.9 Å². The summed E-state index contributed by atoms with van der Waals surface area (Å²) < 4.78 is 42.8. The van der Waals surface area contributed by atoms with Gasteiger partial charge >= 0.3 is 12.1 Å². The number of anilines is 1. The average Bonchev–Trinajstić information content (AvgIpc) is 3.00. The number of carbonyl (C=O) groups excluding carboxylic acids is 2. The number of esters is 1. The predicted molar refractivity (Wildman–Crippen MR) is 77.5 cm³/mol. The van der Waals surface area contributed by atoms with Crippen molar-refractivity contribution < 1.29 is 27.5 Å². The number of halogens is 3. The normalized spacial score (nSPS) is 16.9. The molecule has 0 aromatic heterocycles. The Hall–Kier alpha value is -2.05. The van der Waals surface area contributed by atoms with Crippen molar-refractivity contribution in [2.24, 2.45) is 11.8 Å². The first kappa shape index (κ1) is 17.3. The third-order valence-electron chi connectivity index (χ3n) is 4.07. The summed E-state index contributed by atoms with van der Waals surface area (Å²) in [7, 11) is 1.20. The molecule has 23 heavy (non-hydrogen) atoms. The van der Waals surface area contributed by atoms with Gasteiger partial charge in [-0.2, -0.15) is 13.2 Å².